The highest BCUT2D eigenvalue weighted by Crippen LogP contribution is 2.52. The molecule has 0 spiro atoms. The molecule has 0 radical (unpaired) electrons. The minimum Gasteiger partial charge on any atom is -0.303 e. The van der Waals surface area contributed by atoms with Crippen molar-refractivity contribution in [3.8, 4) is 17.3 Å². The molecule has 1 heterocycles. The Kier molecular flexibility index (Phi) is 6.11. The number of benzene rings is 2. The number of hydrogen-bond acceptors (Lipinski definition) is 2. The fourth-order valence-electron chi connectivity index (χ4n) is 3.32. The molecule has 33 heavy (non-hydrogen) atoms. The highest BCUT2D eigenvalue weighted by molar-refractivity contribution is 5.64. The van der Waals surface area contributed by atoms with E-state index in [1.807, 2.05) is 0 Å². The molecule has 0 aliphatic rings. The number of nitriles is 1. The van der Waals surface area contributed by atoms with E-state index in [0.29, 0.717) is 17.2 Å². The van der Waals surface area contributed by atoms with Gasteiger partial charge in [-0.25, -0.2) is 0 Å². The van der Waals surface area contributed by atoms with E-state index in [-0.39, 0.29) is 17.8 Å². The largest absolute Gasteiger partial charge is 0.460 e. The van der Waals surface area contributed by atoms with Crippen molar-refractivity contribution in [3.63, 3.8) is 0 Å². The number of nitrogens with zero attached hydrogens (tertiary/aromatic N) is 2. The fourth-order valence-corrected chi connectivity index (χ4v) is 3.32. The molecule has 0 unspecified atom stereocenters. The van der Waals surface area contributed by atoms with Crippen LogP contribution in [0.4, 0.5) is 30.7 Å². The minimum absolute atomic E-state index is 0.125. The number of aryl methyl sites for hydroxylation is 1. The highest BCUT2D eigenvalue weighted by atomic mass is 19.4. The monoisotopic (exact) mass is 468 g/mol. The van der Waals surface area contributed by atoms with E-state index >= 15 is 0 Å². The van der Waals surface area contributed by atoms with Crippen LogP contribution in [0.1, 0.15) is 22.3 Å². The molecule has 3 rings (SSSR count). The molecule has 0 saturated carbocycles. The third-order valence-electron chi connectivity index (χ3n) is 5.00. The van der Waals surface area contributed by atoms with E-state index in [4.69, 9.17) is 0 Å². The van der Waals surface area contributed by atoms with Crippen molar-refractivity contribution in [1.29, 1.82) is 5.26 Å². The lowest BCUT2D eigenvalue weighted by atomic mass is 9.95. The Morgan fingerprint density at radius 1 is 0.909 bits per heavy atom. The third kappa shape index (κ3) is 4.23. The summed E-state index contributed by atoms with van der Waals surface area (Å²) in [5.74, 6) is -12.4. The molecule has 1 aromatic heterocycles. The summed E-state index contributed by atoms with van der Waals surface area (Å²) in [6.07, 6.45) is -6.62. The maximum Gasteiger partial charge on any atom is 0.460 e. The summed E-state index contributed by atoms with van der Waals surface area (Å²) in [5, 5.41) is 9.30. The molecular weight excluding hydrogens is 453 g/mol. The molecule has 0 bridgehead atoms. The number of halogens is 7. The summed E-state index contributed by atoms with van der Waals surface area (Å²) >= 11 is 0. The van der Waals surface area contributed by atoms with E-state index in [1.165, 1.54) is 18.2 Å². The van der Waals surface area contributed by atoms with Gasteiger partial charge in [-0.3, -0.25) is 4.79 Å². The van der Waals surface area contributed by atoms with Crippen molar-refractivity contribution in [1.82, 2.24) is 4.57 Å². The first-order valence-electron chi connectivity index (χ1n) is 9.43. The molecule has 0 fully saturated rings. The standard InChI is InChI=1S/C23H15F7N2O/c1-14-6-5-9-16(10-14)19-11-18(21(24,25)22(26,27)23(28,29)30)17(12-31)20(33)32(19)13-15-7-3-2-4-8-15/h2-11H,13H2,1H3. The van der Waals surface area contributed by atoms with Gasteiger partial charge < -0.3 is 4.57 Å². The molecule has 3 aromatic rings. The molecule has 2 aromatic carbocycles. The average Bonchev–Trinajstić information content (AvgIpc) is 2.74. The van der Waals surface area contributed by atoms with Crippen molar-refractivity contribution in [2.24, 2.45) is 0 Å². The molecule has 0 N–H and O–H groups in total. The second-order valence-corrected chi connectivity index (χ2v) is 7.32. The maximum absolute atomic E-state index is 14.6. The zero-order valence-corrected chi connectivity index (χ0v) is 16.9. The van der Waals surface area contributed by atoms with Crippen LogP contribution in [0.25, 0.3) is 11.3 Å². The lowest BCUT2D eigenvalue weighted by molar-refractivity contribution is -0.359. The summed E-state index contributed by atoms with van der Waals surface area (Å²) < 4.78 is 96.1. The molecule has 0 amide bonds. The summed E-state index contributed by atoms with van der Waals surface area (Å²) in [4.78, 5) is 13.0. The van der Waals surface area contributed by atoms with Crippen molar-refractivity contribution >= 4 is 0 Å². The number of aromatic nitrogens is 1. The van der Waals surface area contributed by atoms with Gasteiger partial charge in [-0.2, -0.15) is 36.0 Å². The van der Waals surface area contributed by atoms with Gasteiger partial charge in [0.05, 0.1) is 17.8 Å². The van der Waals surface area contributed by atoms with Gasteiger partial charge in [0.1, 0.15) is 11.6 Å². The Morgan fingerprint density at radius 3 is 2.09 bits per heavy atom. The van der Waals surface area contributed by atoms with Gasteiger partial charge in [0, 0.05) is 0 Å². The fraction of sp³-hybridized carbons (Fsp3) is 0.217. The van der Waals surface area contributed by atoms with Crippen molar-refractivity contribution in [2.45, 2.75) is 31.5 Å². The van der Waals surface area contributed by atoms with E-state index in [0.717, 1.165) is 10.6 Å². The zero-order chi connectivity index (χ0) is 24.6. The zero-order valence-electron chi connectivity index (χ0n) is 16.9. The number of alkyl halides is 7. The van der Waals surface area contributed by atoms with Gasteiger partial charge in [-0.15, -0.1) is 0 Å². The Morgan fingerprint density at radius 2 is 1.55 bits per heavy atom. The molecule has 172 valence electrons. The van der Waals surface area contributed by atoms with Crippen LogP contribution in [0.15, 0.2) is 65.5 Å². The summed E-state index contributed by atoms with van der Waals surface area (Å²) in [5.41, 5.74) is -3.97. The van der Waals surface area contributed by atoms with Crippen LogP contribution in [-0.2, 0) is 12.5 Å². The van der Waals surface area contributed by atoms with Crippen LogP contribution in [0.5, 0.6) is 0 Å². The first-order chi connectivity index (χ1) is 15.3. The maximum atomic E-state index is 14.6. The second kappa shape index (κ2) is 8.39. The van der Waals surface area contributed by atoms with Gasteiger partial charge in [0.2, 0.25) is 0 Å². The summed E-state index contributed by atoms with van der Waals surface area (Å²) in [6, 6.07) is 15.6. The van der Waals surface area contributed by atoms with Crippen molar-refractivity contribution in [2.75, 3.05) is 0 Å². The normalized spacial score (nSPS) is 12.5. The lowest BCUT2D eigenvalue weighted by Gasteiger charge is -2.29. The SMILES string of the molecule is Cc1cccc(-c2cc(C(F)(F)C(F)(F)C(F)(F)F)c(C#N)c(=O)n2Cc2ccccc2)c1. The van der Waals surface area contributed by atoms with Gasteiger partial charge in [-0.05, 0) is 30.2 Å². The van der Waals surface area contributed by atoms with Gasteiger partial charge >= 0.3 is 18.0 Å². The van der Waals surface area contributed by atoms with E-state index in [1.54, 1.807) is 43.3 Å². The predicted molar refractivity (Wildman–Crippen MR) is 106 cm³/mol. The van der Waals surface area contributed by atoms with Crippen LogP contribution in [-0.4, -0.2) is 16.7 Å². The predicted octanol–water partition coefficient (Wildman–Crippen LogP) is 6.03. The van der Waals surface area contributed by atoms with Crippen LogP contribution in [0, 0.1) is 18.3 Å². The molecule has 0 atom stereocenters. The van der Waals surface area contributed by atoms with Crippen molar-refractivity contribution in [3.05, 3.63) is 93.3 Å². The Hall–Kier alpha value is -3.61. The third-order valence-corrected chi connectivity index (χ3v) is 5.00. The van der Waals surface area contributed by atoms with Crippen LogP contribution in [0.3, 0.4) is 0 Å². The summed E-state index contributed by atoms with van der Waals surface area (Å²) in [6.45, 7) is 1.40. The smallest absolute Gasteiger partial charge is 0.303 e. The quantitative estimate of drug-likeness (QED) is 0.429. The Bertz CT molecular complexity index is 1270. The second-order valence-electron chi connectivity index (χ2n) is 7.32. The van der Waals surface area contributed by atoms with E-state index < -0.39 is 34.7 Å². The molecule has 3 nitrogen and oxygen atoms in total. The van der Waals surface area contributed by atoms with Crippen LogP contribution < -0.4 is 5.56 Å². The topological polar surface area (TPSA) is 45.8 Å². The van der Waals surface area contributed by atoms with E-state index in [2.05, 4.69) is 0 Å². The molecule has 0 aliphatic carbocycles. The van der Waals surface area contributed by atoms with Gasteiger partial charge in [0.25, 0.3) is 5.56 Å². The molecular formula is C23H15F7N2O. The van der Waals surface area contributed by atoms with E-state index in [9.17, 15) is 40.8 Å². The number of rotatable bonds is 5. The summed E-state index contributed by atoms with van der Waals surface area (Å²) in [7, 11) is 0. The van der Waals surface area contributed by atoms with Crippen LogP contribution in [0.2, 0.25) is 0 Å². The molecule has 10 heteroatoms. The highest BCUT2D eigenvalue weighted by Gasteiger charge is 2.74. The lowest BCUT2D eigenvalue weighted by Crippen LogP contribution is -2.51. The van der Waals surface area contributed by atoms with Crippen LogP contribution >= 0.6 is 0 Å². The van der Waals surface area contributed by atoms with Gasteiger partial charge in [-0.1, -0.05) is 54.1 Å². The number of pyridine rings is 1. The molecule has 0 saturated heterocycles. The average molecular weight is 468 g/mol. The molecule has 0 aliphatic heterocycles. The minimum atomic E-state index is -6.62. The first-order valence-corrected chi connectivity index (χ1v) is 9.43. The number of hydrogen-bond donors (Lipinski definition) is 0. The first kappa shape index (κ1) is 24.0. The van der Waals surface area contributed by atoms with Gasteiger partial charge in [0.15, 0.2) is 0 Å². The Labute approximate surface area is 183 Å². The van der Waals surface area contributed by atoms with Crippen molar-refractivity contribution < 1.29 is 30.7 Å². The Balaban J connectivity index is 2.38.